The molecule has 0 bridgehead atoms. The fraction of sp³-hybridized carbons (Fsp3) is 0.600. The first-order valence-electron chi connectivity index (χ1n) is 9.95. The van der Waals surface area contributed by atoms with E-state index in [1.54, 1.807) is 12.1 Å². The molecule has 2 fully saturated rings. The van der Waals surface area contributed by atoms with E-state index in [1.165, 1.54) is 24.3 Å². The van der Waals surface area contributed by atoms with E-state index < -0.39 is 17.0 Å². The number of amides is 1. The standard InChI is InChI=1S/C20H27N3O6/c1-4-20(5-2,28-3)17-7-6-12-21(17)22-13-16(18(22)24)29-19(25)14-8-10-15(11-9-14)23(26)27/h8-11,16-17H,4-7,12-13H2,1-3H3/t16-,17+/m1/s1. The van der Waals surface area contributed by atoms with Gasteiger partial charge in [-0.25, -0.2) is 9.80 Å². The molecule has 9 nitrogen and oxygen atoms in total. The fourth-order valence-corrected chi connectivity index (χ4v) is 4.34. The summed E-state index contributed by atoms with van der Waals surface area (Å²) >= 11 is 0. The van der Waals surface area contributed by atoms with Crippen LogP contribution < -0.4 is 0 Å². The van der Waals surface area contributed by atoms with Crippen molar-refractivity contribution >= 4 is 17.6 Å². The molecule has 2 heterocycles. The Balaban J connectivity index is 1.62. The van der Waals surface area contributed by atoms with Crippen LogP contribution in [0.4, 0.5) is 5.69 Å². The minimum atomic E-state index is -0.834. The van der Waals surface area contributed by atoms with Gasteiger partial charge in [-0.05, 0) is 37.8 Å². The second-order valence-corrected chi connectivity index (χ2v) is 7.42. The molecule has 2 saturated heterocycles. The van der Waals surface area contributed by atoms with Crippen molar-refractivity contribution in [1.82, 2.24) is 10.0 Å². The van der Waals surface area contributed by atoms with E-state index in [0.29, 0.717) is 6.54 Å². The van der Waals surface area contributed by atoms with E-state index in [1.807, 2.05) is 0 Å². The molecule has 29 heavy (non-hydrogen) atoms. The zero-order chi connectivity index (χ0) is 21.2. The molecule has 0 unspecified atom stereocenters. The van der Waals surface area contributed by atoms with Gasteiger partial charge in [0.05, 0.1) is 28.7 Å². The summed E-state index contributed by atoms with van der Waals surface area (Å²) in [5.41, 5.74) is -0.241. The number of carbonyl (C=O) groups is 2. The molecule has 1 amide bonds. The molecule has 3 rings (SSSR count). The maximum absolute atomic E-state index is 12.7. The number of hydrazine groups is 1. The molecular formula is C20H27N3O6. The van der Waals surface area contributed by atoms with Crippen molar-refractivity contribution in [2.75, 3.05) is 20.2 Å². The molecule has 0 aromatic heterocycles. The van der Waals surface area contributed by atoms with Crippen molar-refractivity contribution < 1.29 is 24.0 Å². The largest absolute Gasteiger partial charge is 0.447 e. The first-order valence-corrected chi connectivity index (χ1v) is 9.95. The highest BCUT2D eigenvalue weighted by molar-refractivity contribution is 5.94. The smallest absolute Gasteiger partial charge is 0.338 e. The third kappa shape index (κ3) is 3.84. The van der Waals surface area contributed by atoms with Crippen molar-refractivity contribution in [3.05, 3.63) is 39.9 Å². The Morgan fingerprint density at radius 3 is 2.45 bits per heavy atom. The third-order valence-electron chi connectivity index (χ3n) is 6.18. The topological polar surface area (TPSA) is 102 Å². The number of hydrogen-bond acceptors (Lipinski definition) is 7. The first-order chi connectivity index (χ1) is 13.9. The number of hydrogen-bond donors (Lipinski definition) is 0. The molecule has 9 heteroatoms. The lowest BCUT2D eigenvalue weighted by Crippen LogP contribution is -2.68. The molecule has 2 aliphatic rings. The maximum Gasteiger partial charge on any atom is 0.338 e. The highest BCUT2D eigenvalue weighted by atomic mass is 16.6. The summed E-state index contributed by atoms with van der Waals surface area (Å²) in [7, 11) is 1.72. The van der Waals surface area contributed by atoms with Crippen LogP contribution in [-0.4, -0.2) is 64.8 Å². The number of non-ortho nitro benzene ring substituents is 1. The van der Waals surface area contributed by atoms with E-state index >= 15 is 0 Å². The lowest BCUT2D eigenvalue weighted by Gasteiger charge is -2.49. The Kier molecular flexibility index (Phi) is 6.18. The van der Waals surface area contributed by atoms with E-state index in [-0.39, 0.29) is 28.8 Å². The number of ether oxygens (including phenoxy) is 2. The maximum atomic E-state index is 12.7. The van der Waals surface area contributed by atoms with Gasteiger partial charge in [-0.3, -0.25) is 19.9 Å². The SMILES string of the molecule is CCC(CC)(OC)[C@@H]1CCCN1N1C[C@@H](OC(=O)c2ccc([N+](=O)[O-])cc2)C1=O. The molecule has 2 atom stereocenters. The summed E-state index contributed by atoms with van der Waals surface area (Å²) in [6.45, 7) is 5.26. The van der Waals surface area contributed by atoms with Crippen molar-refractivity contribution in [1.29, 1.82) is 0 Å². The molecule has 0 spiro atoms. The number of esters is 1. The summed E-state index contributed by atoms with van der Waals surface area (Å²) in [5, 5.41) is 14.4. The minimum absolute atomic E-state index is 0.109. The number of methoxy groups -OCH3 is 1. The molecule has 0 aliphatic carbocycles. The number of β-lactam (4-membered cyclic amide) rings is 1. The summed E-state index contributed by atoms with van der Waals surface area (Å²) in [6.07, 6.45) is 2.79. The van der Waals surface area contributed by atoms with Crippen LogP contribution in [0.25, 0.3) is 0 Å². The van der Waals surface area contributed by atoms with Gasteiger partial charge in [-0.15, -0.1) is 0 Å². The van der Waals surface area contributed by atoms with Crippen LogP contribution in [0.5, 0.6) is 0 Å². The zero-order valence-corrected chi connectivity index (χ0v) is 17.0. The van der Waals surface area contributed by atoms with Gasteiger partial charge in [0, 0.05) is 25.8 Å². The minimum Gasteiger partial charge on any atom is -0.447 e. The molecule has 0 N–H and O–H groups in total. The quantitative estimate of drug-likeness (QED) is 0.283. The molecule has 2 aliphatic heterocycles. The summed E-state index contributed by atoms with van der Waals surface area (Å²) in [6, 6.07) is 5.23. The van der Waals surface area contributed by atoms with Crippen molar-refractivity contribution in [2.45, 2.75) is 57.3 Å². The Morgan fingerprint density at radius 2 is 1.93 bits per heavy atom. The van der Waals surface area contributed by atoms with Crippen molar-refractivity contribution in [3.8, 4) is 0 Å². The van der Waals surface area contributed by atoms with Crippen LogP contribution in [0.15, 0.2) is 24.3 Å². The Labute approximate surface area is 169 Å². The average Bonchev–Trinajstić information content (AvgIpc) is 3.21. The number of carbonyl (C=O) groups excluding carboxylic acids is 2. The summed E-state index contributed by atoms with van der Waals surface area (Å²) in [5.74, 6) is -0.909. The predicted octanol–water partition coefficient (Wildman–Crippen LogP) is 2.55. The fourth-order valence-electron chi connectivity index (χ4n) is 4.34. The Hall–Kier alpha value is -2.52. The predicted molar refractivity (Wildman–Crippen MR) is 104 cm³/mol. The number of benzene rings is 1. The molecule has 1 aromatic carbocycles. The van der Waals surface area contributed by atoms with Gasteiger partial charge in [0.2, 0.25) is 6.10 Å². The monoisotopic (exact) mass is 405 g/mol. The van der Waals surface area contributed by atoms with Gasteiger partial charge < -0.3 is 9.47 Å². The third-order valence-corrected chi connectivity index (χ3v) is 6.18. The van der Waals surface area contributed by atoms with E-state index in [4.69, 9.17) is 9.47 Å². The van der Waals surface area contributed by atoms with Gasteiger partial charge in [-0.2, -0.15) is 0 Å². The van der Waals surface area contributed by atoms with Gasteiger partial charge in [-0.1, -0.05) is 13.8 Å². The van der Waals surface area contributed by atoms with Gasteiger partial charge >= 0.3 is 5.97 Å². The van der Waals surface area contributed by atoms with Gasteiger partial charge in [0.15, 0.2) is 0 Å². The molecule has 158 valence electrons. The Bertz CT molecular complexity index is 769. The average molecular weight is 405 g/mol. The molecule has 0 radical (unpaired) electrons. The number of nitrogens with zero attached hydrogens (tertiary/aromatic N) is 3. The lowest BCUT2D eigenvalue weighted by atomic mass is 9.87. The van der Waals surface area contributed by atoms with Crippen LogP contribution in [0.1, 0.15) is 49.9 Å². The second kappa shape index (κ2) is 8.46. The summed E-state index contributed by atoms with van der Waals surface area (Å²) in [4.78, 5) is 35.1. The van der Waals surface area contributed by atoms with Crippen LogP contribution in [0, 0.1) is 10.1 Å². The van der Waals surface area contributed by atoms with E-state index in [2.05, 4.69) is 18.9 Å². The lowest BCUT2D eigenvalue weighted by molar-refractivity contribution is -0.384. The van der Waals surface area contributed by atoms with E-state index in [9.17, 15) is 19.7 Å². The normalized spacial score (nSPS) is 22.4. The highest BCUT2D eigenvalue weighted by Crippen LogP contribution is 2.37. The molecule has 1 aromatic rings. The van der Waals surface area contributed by atoms with Crippen LogP contribution in [0.2, 0.25) is 0 Å². The zero-order valence-electron chi connectivity index (χ0n) is 17.0. The van der Waals surface area contributed by atoms with Crippen molar-refractivity contribution in [3.63, 3.8) is 0 Å². The van der Waals surface area contributed by atoms with Gasteiger partial charge in [0.1, 0.15) is 0 Å². The van der Waals surface area contributed by atoms with Crippen LogP contribution in [-0.2, 0) is 14.3 Å². The van der Waals surface area contributed by atoms with Crippen molar-refractivity contribution in [2.24, 2.45) is 0 Å². The second-order valence-electron chi connectivity index (χ2n) is 7.42. The van der Waals surface area contributed by atoms with Gasteiger partial charge in [0.25, 0.3) is 11.6 Å². The molecule has 0 saturated carbocycles. The number of rotatable bonds is 8. The first kappa shape index (κ1) is 21.2. The highest BCUT2D eigenvalue weighted by Gasteiger charge is 2.51. The Morgan fingerprint density at radius 1 is 1.28 bits per heavy atom. The number of nitro benzene ring substituents is 1. The summed E-state index contributed by atoms with van der Waals surface area (Å²) < 4.78 is 11.2. The van der Waals surface area contributed by atoms with E-state index in [0.717, 1.165) is 32.2 Å². The molecular weight excluding hydrogens is 378 g/mol. The number of nitro groups is 1. The van der Waals surface area contributed by atoms with Crippen LogP contribution in [0.3, 0.4) is 0 Å². The van der Waals surface area contributed by atoms with Crippen LogP contribution >= 0.6 is 0 Å².